The molecular weight excluding hydrogens is 246 g/mol. The Kier molecular flexibility index (Phi) is 5.69. The van der Waals surface area contributed by atoms with Gasteiger partial charge in [-0.25, -0.2) is 0 Å². The Morgan fingerprint density at radius 1 is 1.44 bits per heavy atom. The van der Waals surface area contributed by atoms with Crippen molar-refractivity contribution < 1.29 is 9.90 Å². The number of aliphatic hydroxyl groups excluding tert-OH is 1. The molecule has 0 radical (unpaired) electrons. The van der Waals surface area contributed by atoms with Gasteiger partial charge in [0.05, 0.1) is 17.9 Å². The van der Waals surface area contributed by atoms with E-state index in [2.05, 4.69) is 30.4 Å². The molecule has 1 amide bonds. The van der Waals surface area contributed by atoms with Crippen LogP contribution in [0.25, 0.3) is 0 Å². The molecular formula is C14H21NO2S. The SMILES string of the molecule is Cc1cccc(CSCC(=O)NC(C)(C)CO)c1. The van der Waals surface area contributed by atoms with Crippen LogP contribution in [0.4, 0.5) is 0 Å². The van der Waals surface area contributed by atoms with Crippen LogP contribution < -0.4 is 5.32 Å². The van der Waals surface area contributed by atoms with E-state index in [1.54, 1.807) is 25.6 Å². The van der Waals surface area contributed by atoms with Crippen LogP contribution in [-0.2, 0) is 10.5 Å². The number of aliphatic hydroxyl groups is 1. The van der Waals surface area contributed by atoms with E-state index in [0.717, 1.165) is 5.75 Å². The van der Waals surface area contributed by atoms with E-state index >= 15 is 0 Å². The van der Waals surface area contributed by atoms with Crippen molar-refractivity contribution in [2.24, 2.45) is 0 Å². The largest absolute Gasteiger partial charge is 0.394 e. The summed E-state index contributed by atoms with van der Waals surface area (Å²) in [6.07, 6.45) is 0. The van der Waals surface area contributed by atoms with Gasteiger partial charge in [-0.3, -0.25) is 4.79 Å². The Hall–Kier alpha value is -1.00. The number of benzene rings is 1. The summed E-state index contributed by atoms with van der Waals surface area (Å²) in [4.78, 5) is 11.6. The minimum absolute atomic E-state index is 0.0355. The van der Waals surface area contributed by atoms with Crippen molar-refractivity contribution in [3.8, 4) is 0 Å². The maximum Gasteiger partial charge on any atom is 0.230 e. The number of amides is 1. The van der Waals surface area contributed by atoms with Gasteiger partial charge in [0.25, 0.3) is 0 Å². The number of hydrogen-bond acceptors (Lipinski definition) is 3. The molecule has 4 heteroatoms. The predicted molar refractivity (Wildman–Crippen MR) is 76.6 cm³/mol. The van der Waals surface area contributed by atoms with Crippen LogP contribution in [0, 0.1) is 6.92 Å². The van der Waals surface area contributed by atoms with Crippen LogP contribution in [0.15, 0.2) is 24.3 Å². The van der Waals surface area contributed by atoms with E-state index < -0.39 is 5.54 Å². The summed E-state index contributed by atoms with van der Waals surface area (Å²) in [5.41, 5.74) is 1.93. The van der Waals surface area contributed by atoms with Gasteiger partial charge >= 0.3 is 0 Å². The highest BCUT2D eigenvalue weighted by Gasteiger charge is 2.18. The van der Waals surface area contributed by atoms with Gasteiger partial charge in [0.15, 0.2) is 0 Å². The summed E-state index contributed by atoms with van der Waals surface area (Å²) >= 11 is 1.58. The highest BCUT2D eigenvalue weighted by molar-refractivity contribution is 7.99. The van der Waals surface area contributed by atoms with Gasteiger partial charge < -0.3 is 10.4 Å². The summed E-state index contributed by atoms with van der Waals surface area (Å²) in [6, 6.07) is 8.28. The van der Waals surface area contributed by atoms with Crippen LogP contribution in [0.5, 0.6) is 0 Å². The van der Waals surface area contributed by atoms with E-state index in [1.807, 2.05) is 6.07 Å². The van der Waals surface area contributed by atoms with Crippen molar-refractivity contribution in [3.63, 3.8) is 0 Å². The molecule has 1 aromatic carbocycles. The van der Waals surface area contributed by atoms with Crippen molar-refractivity contribution in [2.45, 2.75) is 32.1 Å². The van der Waals surface area contributed by atoms with Gasteiger partial charge in [0.2, 0.25) is 5.91 Å². The van der Waals surface area contributed by atoms with E-state index in [0.29, 0.717) is 5.75 Å². The van der Waals surface area contributed by atoms with Crippen molar-refractivity contribution in [3.05, 3.63) is 35.4 Å². The van der Waals surface area contributed by atoms with Gasteiger partial charge in [-0.05, 0) is 26.3 Å². The summed E-state index contributed by atoms with van der Waals surface area (Å²) in [6.45, 7) is 5.61. The van der Waals surface area contributed by atoms with Gasteiger partial charge in [-0.2, -0.15) is 0 Å². The molecule has 0 saturated carbocycles. The Bertz CT molecular complexity index is 405. The second kappa shape index (κ2) is 6.81. The third-order valence-electron chi connectivity index (χ3n) is 2.46. The van der Waals surface area contributed by atoms with Gasteiger partial charge in [0.1, 0.15) is 0 Å². The van der Waals surface area contributed by atoms with Gasteiger partial charge in [-0.1, -0.05) is 29.8 Å². The second-order valence-electron chi connectivity index (χ2n) is 5.07. The molecule has 0 atom stereocenters. The van der Waals surface area contributed by atoms with E-state index in [-0.39, 0.29) is 12.5 Å². The van der Waals surface area contributed by atoms with Crippen molar-refractivity contribution in [1.82, 2.24) is 5.32 Å². The number of hydrogen-bond donors (Lipinski definition) is 2. The topological polar surface area (TPSA) is 49.3 Å². The highest BCUT2D eigenvalue weighted by Crippen LogP contribution is 2.13. The fraction of sp³-hybridized carbons (Fsp3) is 0.500. The summed E-state index contributed by atoms with van der Waals surface area (Å²) in [7, 11) is 0. The first kappa shape index (κ1) is 15.1. The predicted octanol–water partition coefficient (Wildman–Crippen LogP) is 2.12. The average molecular weight is 267 g/mol. The Balaban J connectivity index is 2.32. The molecule has 0 bridgehead atoms. The lowest BCUT2D eigenvalue weighted by atomic mass is 10.1. The molecule has 3 nitrogen and oxygen atoms in total. The molecule has 0 aromatic heterocycles. The molecule has 0 heterocycles. The fourth-order valence-corrected chi connectivity index (χ4v) is 2.29. The maximum atomic E-state index is 11.6. The lowest BCUT2D eigenvalue weighted by Gasteiger charge is -2.23. The van der Waals surface area contributed by atoms with Crippen molar-refractivity contribution >= 4 is 17.7 Å². The third kappa shape index (κ3) is 5.56. The maximum absolute atomic E-state index is 11.6. The quantitative estimate of drug-likeness (QED) is 0.830. The summed E-state index contributed by atoms with van der Waals surface area (Å²) < 4.78 is 0. The van der Waals surface area contributed by atoms with Crippen LogP contribution >= 0.6 is 11.8 Å². The van der Waals surface area contributed by atoms with Crippen LogP contribution in [-0.4, -0.2) is 28.9 Å². The Morgan fingerprint density at radius 3 is 2.78 bits per heavy atom. The Morgan fingerprint density at radius 2 is 2.17 bits per heavy atom. The normalized spacial score (nSPS) is 11.3. The number of rotatable bonds is 6. The molecule has 0 fully saturated rings. The number of thioether (sulfide) groups is 1. The summed E-state index contributed by atoms with van der Waals surface area (Å²) in [5.74, 6) is 1.21. The smallest absolute Gasteiger partial charge is 0.230 e. The lowest BCUT2D eigenvalue weighted by molar-refractivity contribution is -0.120. The third-order valence-corrected chi connectivity index (χ3v) is 3.46. The number of aryl methyl sites for hydroxylation is 1. The zero-order chi connectivity index (χ0) is 13.6. The molecule has 1 rings (SSSR count). The first-order chi connectivity index (χ1) is 8.43. The van der Waals surface area contributed by atoms with E-state index in [9.17, 15) is 4.79 Å². The molecule has 0 spiro atoms. The monoisotopic (exact) mass is 267 g/mol. The number of carbonyl (C=O) groups excluding carboxylic acids is 1. The zero-order valence-electron chi connectivity index (χ0n) is 11.2. The minimum Gasteiger partial charge on any atom is -0.394 e. The molecule has 0 unspecified atom stereocenters. The van der Waals surface area contributed by atoms with Crippen molar-refractivity contribution in [2.75, 3.05) is 12.4 Å². The molecule has 100 valence electrons. The number of carbonyl (C=O) groups is 1. The van der Waals surface area contributed by atoms with Crippen LogP contribution in [0.2, 0.25) is 0 Å². The molecule has 0 saturated heterocycles. The average Bonchev–Trinajstić information content (AvgIpc) is 2.28. The second-order valence-corrected chi connectivity index (χ2v) is 6.06. The number of nitrogens with one attached hydrogen (secondary N) is 1. The first-order valence-electron chi connectivity index (χ1n) is 5.98. The fourth-order valence-electron chi connectivity index (χ4n) is 1.52. The molecule has 0 aliphatic carbocycles. The molecule has 0 aliphatic rings. The zero-order valence-corrected chi connectivity index (χ0v) is 12.0. The van der Waals surface area contributed by atoms with Crippen LogP contribution in [0.3, 0.4) is 0 Å². The molecule has 0 aliphatic heterocycles. The van der Waals surface area contributed by atoms with Gasteiger partial charge in [-0.15, -0.1) is 11.8 Å². The molecule has 2 N–H and O–H groups in total. The van der Waals surface area contributed by atoms with E-state index in [4.69, 9.17) is 5.11 Å². The molecule has 18 heavy (non-hydrogen) atoms. The first-order valence-corrected chi connectivity index (χ1v) is 7.13. The standard InChI is InChI=1S/C14H21NO2S/c1-11-5-4-6-12(7-11)8-18-9-13(17)15-14(2,3)10-16/h4-7,16H,8-10H2,1-3H3,(H,15,17). The highest BCUT2D eigenvalue weighted by atomic mass is 32.2. The minimum atomic E-state index is -0.541. The van der Waals surface area contributed by atoms with Crippen molar-refractivity contribution in [1.29, 1.82) is 0 Å². The van der Waals surface area contributed by atoms with Crippen LogP contribution in [0.1, 0.15) is 25.0 Å². The Labute approximate surface area is 113 Å². The summed E-state index contributed by atoms with van der Waals surface area (Å²) in [5, 5.41) is 11.8. The molecule has 1 aromatic rings. The van der Waals surface area contributed by atoms with E-state index in [1.165, 1.54) is 11.1 Å². The van der Waals surface area contributed by atoms with Gasteiger partial charge in [0, 0.05) is 5.75 Å². The lowest BCUT2D eigenvalue weighted by Crippen LogP contribution is -2.47.